The fourth-order valence-corrected chi connectivity index (χ4v) is 10.8. The van der Waals surface area contributed by atoms with E-state index in [0.29, 0.717) is 6.67 Å². The van der Waals surface area contributed by atoms with Crippen molar-refractivity contribution in [1.29, 1.82) is 0 Å². The molecule has 3 heterocycles. The smallest absolute Gasteiger partial charge is 0.137 e. The standard InChI is InChI=1S/C70H78N4O/c1-65(2,3)48-27-31-60-59(40-48)58-30-29-56(44-62(58)74(60)64-42-49(33-34-71-64)66(4,5)6)75-57-39-52(68(10,11)12)37-55(43-57)73-45-72(61-32-28-50(41-63(61)73)69(13,14)46-23-19-17-20-24-46)54-36-51(67(7,8)9)35-53(38-54)70(15,16)47-25-21-18-22-26-47/h17-44H,45H2,1-16H3. The van der Waals surface area contributed by atoms with E-state index >= 15 is 0 Å². The Morgan fingerprint density at radius 2 is 0.893 bits per heavy atom. The predicted molar refractivity (Wildman–Crippen MR) is 319 cm³/mol. The first-order valence-electron chi connectivity index (χ1n) is 27.0. The number of nitrogens with zero attached hydrogens (tertiary/aromatic N) is 4. The third-order valence-electron chi connectivity index (χ3n) is 16.1. The molecule has 0 amide bonds. The van der Waals surface area contributed by atoms with Crippen LogP contribution in [0.1, 0.15) is 155 Å². The van der Waals surface area contributed by atoms with E-state index in [1.165, 1.54) is 72.3 Å². The van der Waals surface area contributed by atoms with Gasteiger partial charge in [-0.15, -0.1) is 0 Å². The van der Waals surface area contributed by atoms with Crippen LogP contribution in [0.25, 0.3) is 27.6 Å². The minimum Gasteiger partial charge on any atom is -0.457 e. The van der Waals surface area contributed by atoms with Gasteiger partial charge in [-0.3, -0.25) is 4.57 Å². The molecular formula is C70H78N4O. The van der Waals surface area contributed by atoms with Gasteiger partial charge in [0.15, 0.2) is 0 Å². The van der Waals surface area contributed by atoms with Crippen LogP contribution in [0.3, 0.4) is 0 Å². The van der Waals surface area contributed by atoms with E-state index in [1.54, 1.807) is 0 Å². The van der Waals surface area contributed by atoms with Crippen LogP contribution in [0.2, 0.25) is 0 Å². The van der Waals surface area contributed by atoms with Crippen LogP contribution in [-0.4, -0.2) is 16.2 Å². The molecule has 0 fully saturated rings. The number of rotatable bonds is 9. The maximum absolute atomic E-state index is 7.18. The maximum Gasteiger partial charge on any atom is 0.137 e. The largest absolute Gasteiger partial charge is 0.457 e. The number of hydrogen-bond donors (Lipinski definition) is 0. The Morgan fingerprint density at radius 3 is 1.51 bits per heavy atom. The fraction of sp³-hybridized carbons (Fsp3) is 0.329. The minimum absolute atomic E-state index is 0.00289. The summed E-state index contributed by atoms with van der Waals surface area (Å²) in [5.41, 5.74) is 16.2. The van der Waals surface area contributed by atoms with Gasteiger partial charge in [-0.2, -0.15) is 0 Å². The van der Waals surface area contributed by atoms with Crippen LogP contribution in [0.4, 0.5) is 22.7 Å². The van der Waals surface area contributed by atoms with Crippen molar-refractivity contribution >= 4 is 44.6 Å². The van der Waals surface area contributed by atoms with Crippen LogP contribution < -0.4 is 14.5 Å². The number of anilines is 4. The lowest BCUT2D eigenvalue weighted by molar-refractivity contribution is 0.479. The first-order chi connectivity index (χ1) is 35.2. The summed E-state index contributed by atoms with van der Waals surface area (Å²) in [6, 6.07) is 61.0. The van der Waals surface area contributed by atoms with Crippen LogP contribution in [0, 0.1) is 0 Å². The molecule has 0 radical (unpaired) electrons. The van der Waals surface area contributed by atoms with Crippen LogP contribution in [0.15, 0.2) is 170 Å². The second-order valence-electron chi connectivity index (χ2n) is 26.4. The van der Waals surface area contributed by atoms with Gasteiger partial charge in [0.25, 0.3) is 0 Å². The molecule has 10 rings (SSSR count). The van der Waals surface area contributed by atoms with E-state index in [1.807, 2.05) is 6.20 Å². The summed E-state index contributed by atoms with van der Waals surface area (Å²) in [4.78, 5) is 10.1. The summed E-state index contributed by atoms with van der Waals surface area (Å²) in [7, 11) is 0. The highest BCUT2D eigenvalue weighted by Crippen LogP contribution is 2.50. The Labute approximate surface area is 448 Å². The molecule has 5 heteroatoms. The van der Waals surface area contributed by atoms with Crippen molar-refractivity contribution in [3.63, 3.8) is 0 Å². The monoisotopic (exact) mass is 991 g/mol. The van der Waals surface area contributed by atoms with Gasteiger partial charge in [0.1, 0.15) is 24.0 Å². The van der Waals surface area contributed by atoms with E-state index in [-0.39, 0.29) is 32.5 Å². The quantitative estimate of drug-likeness (QED) is 0.144. The SMILES string of the molecule is CC(C)(C)c1cc(Oc2ccc3c4cc(C(C)(C)C)ccc4n(-c4cc(C(C)(C)C)ccn4)c3c2)cc(N2CN(c3cc(C(C)(C)C)cc(C(C)(C)c4ccccc4)c3)c3ccc(C(C)(C)c4ccccc4)cc32)c1. The first kappa shape index (κ1) is 51.4. The van der Waals surface area contributed by atoms with Crippen molar-refractivity contribution in [2.24, 2.45) is 0 Å². The molecule has 0 atom stereocenters. The molecule has 75 heavy (non-hydrogen) atoms. The number of aromatic nitrogens is 2. The molecule has 5 nitrogen and oxygen atoms in total. The summed E-state index contributed by atoms with van der Waals surface area (Å²) in [5.74, 6) is 2.47. The molecule has 1 aliphatic heterocycles. The summed E-state index contributed by atoms with van der Waals surface area (Å²) < 4.78 is 9.50. The van der Waals surface area contributed by atoms with Crippen molar-refractivity contribution in [3.8, 4) is 17.3 Å². The highest BCUT2D eigenvalue weighted by molar-refractivity contribution is 6.10. The van der Waals surface area contributed by atoms with Gasteiger partial charge in [-0.25, -0.2) is 4.98 Å². The lowest BCUT2D eigenvalue weighted by Crippen LogP contribution is -2.26. The topological polar surface area (TPSA) is 33.5 Å². The summed E-state index contributed by atoms with van der Waals surface area (Å²) in [6.45, 7) is 37.5. The molecule has 0 spiro atoms. The highest BCUT2D eigenvalue weighted by atomic mass is 16.5. The van der Waals surface area contributed by atoms with Gasteiger partial charge in [-0.1, -0.05) is 190 Å². The zero-order valence-electron chi connectivity index (χ0n) is 47.6. The normalized spacial score (nSPS) is 13.8. The van der Waals surface area contributed by atoms with Crippen LogP contribution in [0.5, 0.6) is 11.5 Å². The number of ether oxygens (including phenoxy) is 1. The van der Waals surface area contributed by atoms with Crippen molar-refractivity contribution < 1.29 is 4.74 Å². The van der Waals surface area contributed by atoms with E-state index < -0.39 is 0 Å². The molecule has 1 aliphatic rings. The molecule has 0 saturated carbocycles. The molecule has 384 valence electrons. The molecule has 0 bridgehead atoms. The molecule has 0 unspecified atom stereocenters. The van der Waals surface area contributed by atoms with Gasteiger partial charge in [0.2, 0.25) is 0 Å². The molecule has 0 aliphatic carbocycles. The van der Waals surface area contributed by atoms with E-state index in [4.69, 9.17) is 9.72 Å². The van der Waals surface area contributed by atoms with Crippen LogP contribution >= 0.6 is 0 Å². The second-order valence-corrected chi connectivity index (χ2v) is 26.4. The Kier molecular flexibility index (Phi) is 12.6. The average molecular weight is 991 g/mol. The third kappa shape index (κ3) is 9.76. The van der Waals surface area contributed by atoms with E-state index in [2.05, 4.69) is 289 Å². The lowest BCUT2D eigenvalue weighted by atomic mass is 9.75. The molecule has 7 aromatic carbocycles. The molecule has 0 N–H and O–H groups in total. The van der Waals surface area contributed by atoms with Gasteiger partial charge < -0.3 is 14.5 Å². The van der Waals surface area contributed by atoms with Gasteiger partial charge in [0.05, 0.1) is 22.4 Å². The van der Waals surface area contributed by atoms with Crippen molar-refractivity contribution in [1.82, 2.24) is 9.55 Å². The summed E-state index contributed by atoms with van der Waals surface area (Å²) >= 11 is 0. The Bertz CT molecular complexity index is 3590. The zero-order valence-corrected chi connectivity index (χ0v) is 47.6. The number of hydrogen-bond acceptors (Lipinski definition) is 4. The average Bonchev–Trinajstić information content (AvgIpc) is 3.91. The van der Waals surface area contributed by atoms with Crippen molar-refractivity contribution in [2.45, 2.75) is 143 Å². The number of benzene rings is 7. The minimum atomic E-state index is -0.241. The molecule has 9 aromatic rings. The van der Waals surface area contributed by atoms with Crippen LogP contribution in [-0.2, 0) is 32.5 Å². The molecular weight excluding hydrogens is 913 g/mol. The Morgan fingerprint density at radius 1 is 0.360 bits per heavy atom. The van der Waals surface area contributed by atoms with Crippen molar-refractivity contribution in [3.05, 3.63) is 214 Å². The van der Waals surface area contributed by atoms with E-state index in [0.717, 1.165) is 34.0 Å². The fourth-order valence-electron chi connectivity index (χ4n) is 10.8. The molecule has 2 aromatic heterocycles. The summed E-state index contributed by atoms with van der Waals surface area (Å²) in [6.07, 6.45) is 1.95. The maximum atomic E-state index is 7.18. The molecule has 0 saturated heterocycles. The van der Waals surface area contributed by atoms with Gasteiger partial charge in [0, 0.05) is 51.3 Å². The Hall–Kier alpha value is -7.11. The van der Waals surface area contributed by atoms with E-state index in [9.17, 15) is 0 Å². The lowest BCUT2D eigenvalue weighted by Gasteiger charge is -2.32. The summed E-state index contributed by atoms with van der Waals surface area (Å²) in [5, 5.41) is 2.38. The second kappa shape index (κ2) is 18.3. The van der Waals surface area contributed by atoms with Crippen molar-refractivity contribution in [2.75, 3.05) is 16.5 Å². The number of pyridine rings is 1. The Balaban J connectivity index is 1.13. The van der Waals surface area contributed by atoms with Gasteiger partial charge in [-0.05, 0) is 139 Å². The first-order valence-corrected chi connectivity index (χ1v) is 27.0. The predicted octanol–water partition coefficient (Wildman–Crippen LogP) is 19.1. The van der Waals surface area contributed by atoms with Gasteiger partial charge >= 0.3 is 0 Å². The zero-order chi connectivity index (χ0) is 53.6. The number of fused-ring (bicyclic) bond motifs is 4. The third-order valence-corrected chi connectivity index (χ3v) is 16.1. The highest BCUT2D eigenvalue weighted by Gasteiger charge is 2.35.